The number of hydrogen-bond acceptors (Lipinski definition) is 4. The van der Waals surface area contributed by atoms with Gasteiger partial charge in [-0.1, -0.05) is 6.42 Å². The lowest BCUT2D eigenvalue weighted by molar-refractivity contribution is -0.134. The first kappa shape index (κ1) is 17.2. The maximum absolute atomic E-state index is 12.2. The Labute approximate surface area is 148 Å². The molecule has 24 heavy (non-hydrogen) atoms. The van der Waals surface area contributed by atoms with Gasteiger partial charge in [-0.15, -0.1) is 0 Å². The zero-order valence-corrected chi connectivity index (χ0v) is 14.8. The summed E-state index contributed by atoms with van der Waals surface area (Å²) in [6.07, 6.45) is 6.69. The van der Waals surface area contributed by atoms with Crippen molar-refractivity contribution in [3.05, 3.63) is 24.2 Å². The highest BCUT2D eigenvalue weighted by atomic mass is 32.1. The molecule has 0 spiro atoms. The van der Waals surface area contributed by atoms with Crippen molar-refractivity contribution in [3.8, 4) is 0 Å². The van der Waals surface area contributed by atoms with Crippen molar-refractivity contribution in [2.24, 2.45) is 5.73 Å². The van der Waals surface area contributed by atoms with Crippen LogP contribution in [0.15, 0.2) is 22.8 Å². The first-order valence-electron chi connectivity index (χ1n) is 8.72. The molecule has 2 fully saturated rings. The molecule has 2 aliphatic heterocycles. The summed E-state index contributed by atoms with van der Waals surface area (Å²) in [5.74, 6) is 0.674. The second-order valence-corrected chi connectivity index (χ2v) is 7.06. The molecule has 2 saturated heterocycles. The first-order chi connectivity index (χ1) is 11.6. The van der Waals surface area contributed by atoms with Gasteiger partial charge in [0.25, 0.3) is 0 Å². The highest BCUT2D eigenvalue weighted by molar-refractivity contribution is 7.80. The van der Waals surface area contributed by atoms with Gasteiger partial charge >= 0.3 is 0 Å². The summed E-state index contributed by atoms with van der Waals surface area (Å²) in [5, 5.41) is 3.94. The Morgan fingerprint density at radius 3 is 2.54 bits per heavy atom. The molecule has 0 aromatic carbocycles. The molecule has 0 aliphatic carbocycles. The Kier molecular flexibility index (Phi) is 5.40. The number of hydrogen-bond donors (Lipinski definition) is 2. The van der Waals surface area contributed by atoms with Crippen molar-refractivity contribution in [1.82, 2.24) is 15.1 Å². The number of nitrogens with one attached hydrogen (secondary N) is 1. The lowest BCUT2D eigenvalue weighted by atomic mass is 9.83. The van der Waals surface area contributed by atoms with Crippen LogP contribution in [0, 0.1) is 0 Å². The third kappa shape index (κ3) is 3.57. The van der Waals surface area contributed by atoms with E-state index in [9.17, 15) is 4.79 Å². The molecule has 3 heterocycles. The number of likely N-dealkylation sites (tertiary alicyclic amines) is 2. The molecule has 2 aliphatic rings. The molecule has 1 amide bonds. The Morgan fingerprint density at radius 2 is 1.96 bits per heavy atom. The summed E-state index contributed by atoms with van der Waals surface area (Å²) in [7, 11) is 0. The van der Waals surface area contributed by atoms with Crippen molar-refractivity contribution in [1.29, 1.82) is 0 Å². The van der Waals surface area contributed by atoms with Crippen LogP contribution in [0.2, 0.25) is 0 Å². The first-order valence-corrected chi connectivity index (χ1v) is 9.13. The fourth-order valence-electron chi connectivity index (χ4n) is 3.81. The zero-order chi connectivity index (χ0) is 17.0. The van der Waals surface area contributed by atoms with Gasteiger partial charge in [0.15, 0.2) is 5.11 Å². The lowest BCUT2D eigenvalue weighted by Gasteiger charge is -2.48. The van der Waals surface area contributed by atoms with E-state index >= 15 is 0 Å². The fourth-order valence-corrected chi connectivity index (χ4v) is 4.06. The molecule has 0 saturated carbocycles. The standard InChI is InChI=1S/C17H26N4O2S/c18-15(22)17(21-8-2-1-3-9-21)6-10-20(11-7-17)16(24)19-13-14-5-4-12-23-14/h4-5,12H,1-3,6-11,13H2,(H2,18,22)(H,19,24). The minimum absolute atomic E-state index is 0.182. The molecule has 0 unspecified atom stereocenters. The normalized spacial score (nSPS) is 21.4. The summed E-state index contributed by atoms with van der Waals surface area (Å²) in [6, 6.07) is 3.78. The SMILES string of the molecule is NC(=O)C1(N2CCCCC2)CCN(C(=S)NCc2ccco2)CC1. The highest BCUT2D eigenvalue weighted by Gasteiger charge is 2.45. The number of rotatable bonds is 4. The average Bonchev–Trinajstić information content (AvgIpc) is 3.14. The van der Waals surface area contributed by atoms with Crippen LogP contribution in [0.1, 0.15) is 37.9 Å². The number of piperidine rings is 2. The van der Waals surface area contributed by atoms with Crippen LogP contribution in [-0.2, 0) is 11.3 Å². The summed E-state index contributed by atoms with van der Waals surface area (Å²) in [4.78, 5) is 16.7. The second-order valence-electron chi connectivity index (χ2n) is 6.67. The third-order valence-electron chi connectivity index (χ3n) is 5.29. The van der Waals surface area contributed by atoms with Crippen LogP contribution in [0.4, 0.5) is 0 Å². The number of carbonyl (C=O) groups excluding carboxylic acids is 1. The number of nitrogens with two attached hydrogens (primary N) is 1. The maximum atomic E-state index is 12.2. The van der Waals surface area contributed by atoms with E-state index in [0.717, 1.165) is 57.6 Å². The van der Waals surface area contributed by atoms with E-state index in [0.29, 0.717) is 11.7 Å². The Hall–Kier alpha value is -1.60. The van der Waals surface area contributed by atoms with E-state index in [2.05, 4.69) is 15.1 Å². The average molecular weight is 350 g/mol. The number of carbonyl (C=O) groups is 1. The van der Waals surface area contributed by atoms with E-state index in [1.165, 1.54) is 6.42 Å². The third-order valence-corrected chi connectivity index (χ3v) is 5.69. The van der Waals surface area contributed by atoms with Gasteiger partial charge in [-0.2, -0.15) is 0 Å². The molecule has 0 bridgehead atoms. The molecule has 132 valence electrons. The van der Waals surface area contributed by atoms with Crippen molar-refractivity contribution < 1.29 is 9.21 Å². The van der Waals surface area contributed by atoms with Crippen molar-refractivity contribution in [3.63, 3.8) is 0 Å². The van der Waals surface area contributed by atoms with Crippen LogP contribution in [-0.4, -0.2) is 52.5 Å². The minimum Gasteiger partial charge on any atom is -0.467 e. The molecule has 7 heteroatoms. The van der Waals surface area contributed by atoms with E-state index in [1.807, 2.05) is 12.1 Å². The number of nitrogens with zero attached hydrogens (tertiary/aromatic N) is 2. The molecular formula is C17H26N4O2S. The van der Waals surface area contributed by atoms with E-state index in [1.54, 1.807) is 6.26 Å². The highest BCUT2D eigenvalue weighted by Crippen LogP contribution is 2.31. The molecule has 1 aromatic heterocycles. The topological polar surface area (TPSA) is 74.7 Å². The molecule has 6 nitrogen and oxygen atoms in total. The van der Waals surface area contributed by atoms with Crippen LogP contribution in [0.3, 0.4) is 0 Å². The summed E-state index contributed by atoms with van der Waals surface area (Å²) >= 11 is 5.49. The zero-order valence-electron chi connectivity index (χ0n) is 14.0. The quantitative estimate of drug-likeness (QED) is 0.801. The molecule has 0 radical (unpaired) electrons. The number of furan rings is 1. The Balaban J connectivity index is 1.56. The van der Waals surface area contributed by atoms with Crippen LogP contribution in [0.25, 0.3) is 0 Å². The monoisotopic (exact) mass is 350 g/mol. The minimum atomic E-state index is -0.493. The summed E-state index contributed by atoms with van der Waals surface area (Å²) in [5.41, 5.74) is 5.32. The maximum Gasteiger partial charge on any atom is 0.238 e. The van der Waals surface area contributed by atoms with Gasteiger partial charge in [-0.3, -0.25) is 9.69 Å². The van der Waals surface area contributed by atoms with Gasteiger partial charge in [0.2, 0.25) is 5.91 Å². The van der Waals surface area contributed by atoms with Gasteiger partial charge in [0.1, 0.15) is 11.3 Å². The van der Waals surface area contributed by atoms with Gasteiger partial charge < -0.3 is 20.4 Å². The van der Waals surface area contributed by atoms with Crippen molar-refractivity contribution >= 4 is 23.2 Å². The van der Waals surface area contributed by atoms with E-state index in [4.69, 9.17) is 22.4 Å². The predicted molar refractivity (Wildman–Crippen MR) is 96.3 cm³/mol. The van der Waals surface area contributed by atoms with Gasteiger partial charge in [0.05, 0.1) is 12.8 Å². The number of amides is 1. The molecule has 3 N–H and O–H groups in total. The number of primary amides is 1. The van der Waals surface area contributed by atoms with Gasteiger partial charge in [0, 0.05) is 13.1 Å². The smallest absolute Gasteiger partial charge is 0.238 e. The summed E-state index contributed by atoms with van der Waals surface area (Å²) in [6.45, 7) is 4.04. The van der Waals surface area contributed by atoms with E-state index < -0.39 is 5.54 Å². The second kappa shape index (κ2) is 7.53. The van der Waals surface area contributed by atoms with Crippen LogP contribution in [0.5, 0.6) is 0 Å². The summed E-state index contributed by atoms with van der Waals surface area (Å²) < 4.78 is 5.31. The Morgan fingerprint density at radius 1 is 1.25 bits per heavy atom. The van der Waals surface area contributed by atoms with Gasteiger partial charge in [-0.25, -0.2) is 0 Å². The predicted octanol–water partition coefficient (Wildman–Crippen LogP) is 1.46. The largest absolute Gasteiger partial charge is 0.467 e. The molecular weight excluding hydrogens is 324 g/mol. The lowest BCUT2D eigenvalue weighted by Crippen LogP contribution is -2.64. The Bertz CT molecular complexity index is 561. The van der Waals surface area contributed by atoms with Crippen LogP contribution >= 0.6 is 12.2 Å². The molecule has 3 rings (SSSR count). The fraction of sp³-hybridized carbons (Fsp3) is 0.647. The van der Waals surface area contributed by atoms with E-state index in [-0.39, 0.29) is 5.91 Å². The molecule has 0 atom stereocenters. The van der Waals surface area contributed by atoms with Crippen LogP contribution < -0.4 is 11.1 Å². The van der Waals surface area contributed by atoms with Crippen molar-refractivity contribution in [2.45, 2.75) is 44.2 Å². The number of thiocarbonyl (C=S) groups is 1. The molecule has 1 aromatic rings. The van der Waals surface area contributed by atoms with Crippen molar-refractivity contribution in [2.75, 3.05) is 26.2 Å². The van der Waals surface area contributed by atoms with Gasteiger partial charge in [-0.05, 0) is 63.1 Å².